The molecular weight excluding hydrogens is 218 g/mol. The minimum atomic E-state index is -0.466. The lowest BCUT2D eigenvalue weighted by atomic mass is 9.93. The molecule has 17 heavy (non-hydrogen) atoms. The Morgan fingerprint density at radius 1 is 1.18 bits per heavy atom. The Kier molecular flexibility index (Phi) is 5.97. The Labute approximate surface area is 102 Å². The van der Waals surface area contributed by atoms with Crippen LogP contribution in [0.1, 0.15) is 6.92 Å². The Hall–Kier alpha value is -1.10. The number of rotatable bonds is 8. The van der Waals surface area contributed by atoms with Crippen molar-refractivity contribution < 1.29 is 14.9 Å². The molecule has 0 aliphatic heterocycles. The predicted octanol–water partition coefficient (Wildman–Crippen LogP) is 0.646. The van der Waals surface area contributed by atoms with Crippen LogP contribution >= 0.6 is 0 Å². The lowest BCUT2D eigenvalue weighted by Crippen LogP contribution is -2.39. The maximum Gasteiger partial charge on any atom is 0.119 e. The number of para-hydroxylation sites is 1. The molecule has 0 aliphatic carbocycles. The fraction of sp³-hybridized carbons (Fsp3) is 0.538. The summed E-state index contributed by atoms with van der Waals surface area (Å²) in [4.78, 5) is 0. The van der Waals surface area contributed by atoms with Gasteiger partial charge in [-0.3, -0.25) is 0 Å². The molecule has 0 fully saturated rings. The highest BCUT2D eigenvalue weighted by atomic mass is 16.5. The summed E-state index contributed by atoms with van der Waals surface area (Å²) in [6.45, 7) is 3.59. The Morgan fingerprint density at radius 3 is 2.41 bits per heavy atom. The van der Waals surface area contributed by atoms with E-state index in [0.29, 0.717) is 19.7 Å². The average Bonchev–Trinajstić information content (AvgIpc) is 2.39. The second-order valence-electron chi connectivity index (χ2n) is 4.47. The molecule has 0 amide bonds. The minimum absolute atomic E-state index is 0.0317. The van der Waals surface area contributed by atoms with Crippen LogP contribution in [0.5, 0.6) is 5.75 Å². The molecule has 0 spiro atoms. The minimum Gasteiger partial charge on any atom is -0.492 e. The van der Waals surface area contributed by atoms with Crippen molar-refractivity contribution in [2.24, 2.45) is 5.41 Å². The molecule has 0 bridgehead atoms. The summed E-state index contributed by atoms with van der Waals surface area (Å²) in [5.74, 6) is 0.848. The Bertz CT molecular complexity index is 299. The van der Waals surface area contributed by atoms with Crippen molar-refractivity contribution in [2.75, 3.05) is 32.9 Å². The lowest BCUT2D eigenvalue weighted by molar-refractivity contribution is 0.0691. The SMILES string of the molecule is CC(CO)(CO)CNCCOc1ccccc1. The molecule has 0 radical (unpaired) electrons. The van der Waals surface area contributed by atoms with Crippen LogP contribution in [0, 0.1) is 5.41 Å². The van der Waals surface area contributed by atoms with Crippen LogP contribution in [0.15, 0.2) is 30.3 Å². The van der Waals surface area contributed by atoms with Crippen molar-refractivity contribution in [3.8, 4) is 5.75 Å². The first-order valence-electron chi connectivity index (χ1n) is 5.80. The summed E-state index contributed by atoms with van der Waals surface area (Å²) >= 11 is 0. The fourth-order valence-electron chi connectivity index (χ4n) is 1.31. The molecule has 3 N–H and O–H groups in total. The Morgan fingerprint density at radius 2 is 1.82 bits per heavy atom. The highest BCUT2D eigenvalue weighted by Gasteiger charge is 2.21. The van der Waals surface area contributed by atoms with Gasteiger partial charge in [0.25, 0.3) is 0 Å². The average molecular weight is 239 g/mol. The third-order valence-corrected chi connectivity index (χ3v) is 2.61. The zero-order chi connectivity index (χ0) is 12.6. The molecule has 0 aliphatic rings. The summed E-state index contributed by atoms with van der Waals surface area (Å²) in [7, 11) is 0. The molecule has 0 aromatic heterocycles. The van der Waals surface area contributed by atoms with Crippen LogP contribution in [0.4, 0.5) is 0 Å². The number of hydrogen-bond donors (Lipinski definition) is 3. The molecule has 0 saturated carbocycles. The molecule has 1 rings (SSSR count). The first-order valence-corrected chi connectivity index (χ1v) is 5.80. The molecule has 1 aromatic carbocycles. The van der Waals surface area contributed by atoms with Crippen molar-refractivity contribution in [2.45, 2.75) is 6.92 Å². The van der Waals surface area contributed by atoms with Gasteiger partial charge < -0.3 is 20.3 Å². The highest BCUT2D eigenvalue weighted by molar-refractivity contribution is 5.20. The van der Waals surface area contributed by atoms with Gasteiger partial charge in [0.2, 0.25) is 0 Å². The van der Waals surface area contributed by atoms with Gasteiger partial charge in [-0.25, -0.2) is 0 Å². The van der Waals surface area contributed by atoms with Gasteiger partial charge in [-0.2, -0.15) is 0 Å². The van der Waals surface area contributed by atoms with E-state index in [2.05, 4.69) is 5.32 Å². The standard InChI is InChI=1S/C13H21NO3/c1-13(10-15,11-16)9-14-7-8-17-12-5-3-2-4-6-12/h2-6,14-16H,7-11H2,1H3. The molecule has 4 nitrogen and oxygen atoms in total. The summed E-state index contributed by atoms with van der Waals surface area (Å²) in [6, 6.07) is 9.62. The Balaban J connectivity index is 2.13. The fourth-order valence-corrected chi connectivity index (χ4v) is 1.31. The van der Waals surface area contributed by atoms with E-state index in [9.17, 15) is 0 Å². The predicted molar refractivity (Wildman–Crippen MR) is 67.1 cm³/mol. The zero-order valence-electron chi connectivity index (χ0n) is 10.2. The first-order chi connectivity index (χ1) is 8.20. The third kappa shape index (κ3) is 5.17. The van der Waals surface area contributed by atoms with Gasteiger partial charge in [-0.15, -0.1) is 0 Å². The normalized spacial score (nSPS) is 11.5. The van der Waals surface area contributed by atoms with Crippen LogP contribution in [0.3, 0.4) is 0 Å². The van der Waals surface area contributed by atoms with Crippen molar-refractivity contribution in [1.82, 2.24) is 5.32 Å². The smallest absolute Gasteiger partial charge is 0.119 e. The molecule has 1 aromatic rings. The lowest BCUT2D eigenvalue weighted by Gasteiger charge is -2.24. The van der Waals surface area contributed by atoms with Gasteiger partial charge in [0.15, 0.2) is 0 Å². The van der Waals surface area contributed by atoms with Gasteiger partial charge in [0.05, 0.1) is 13.2 Å². The van der Waals surface area contributed by atoms with Crippen LogP contribution < -0.4 is 10.1 Å². The summed E-state index contributed by atoms with van der Waals surface area (Å²) in [5, 5.41) is 21.3. The van der Waals surface area contributed by atoms with Crippen molar-refractivity contribution in [3.05, 3.63) is 30.3 Å². The van der Waals surface area contributed by atoms with E-state index in [-0.39, 0.29) is 13.2 Å². The van der Waals surface area contributed by atoms with E-state index in [1.807, 2.05) is 37.3 Å². The molecule has 0 heterocycles. The molecule has 0 atom stereocenters. The van der Waals surface area contributed by atoms with E-state index in [1.165, 1.54) is 0 Å². The zero-order valence-corrected chi connectivity index (χ0v) is 10.2. The van der Waals surface area contributed by atoms with Gasteiger partial charge >= 0.3 is 0 Å². The summed E-state index contributed by atoms with van der Waals surface area (Å²) in [6.07, 6.45) is 0. The third-order valence-electron chi connectivity index (χ3n) is 2.61. The second kappa shape index (κ2) is 7.27. The number of aliphatic hydroxyl groups excluding tert-OH is 2. The number of hydrogen-bond acceptors (Lipinski definition) is 4. The van der Waals surface area contributed by atoms with E-state index in [1.54, 1.807) is 0 Å². The quantitative estimate of drug-likeness (QED) is 0.583. The molecule has 4 heteroatoms. The topological polar surface area (TPSA) is 61.7 Å². The largest absolute Gasteiger partial charge is 0.492 e. The van der Waals surface area contributed by atoms with Gasteiger partial charge in [0.1, 0.15) is 12.4 Å². The molecule has 0 unspecified atom stereocenters. The van der Waals surface area contributed by atoms with Crippen LogP contribution in [0.25, 0.3) is 0 Å². The van der Waals surface area contributed by atoms with Crippen molar-refractivity contribution in [1.29, 1.82) is 0 Å². The number of benzene rings is 1. The van der Waals surface area contributed by atoms with Crippen LogP contribution in [-0.4, -0.2) is 43.1 Å². The van der Waals surface area contributed by atoms with Crippen LogP contribution in [0.2, 0.25) is 0 Å². The second-order valence-corrected chi connectivity index (χ2v) is 4.47. The number of nitrogens with one attached hydrogen (secondary N) is 1. The number of ether oxygens (including phenoxy) is 1. The first kappa shape index (κ1) is 14.0. The van der Waals surface area contributed by atoms with Gasteiger partial charge in [-0.1, -0.05) is 25.1 Å². The van der Waals surface area contributed by atoms with E-state index < -0.39 is 5.41 Å². The maximum absolute atomic E-state index is 9.09. The van der Waals surface area contributed by atoms with Crippen LogP contribution in [-0.2, 0) is 0 Å². The molecule has 0 saturated heterocycles. The number of aliphatic hydroxyl groups is 2. The monoisotopic (exact) mass is 239 g/mol. The van der Waals surface area contributed by atoms with Gasteiger partial charge in [-0.05, 0) is 12.1 Å². The van der Waals surface area contributed by atoms with Crippen molar-refractivity contribution in [3.63, 3.8) is 0 Å². The van der Waals surface area contributed by atoms with E-state index >= 15 is 0 Å². The van der Waals surface area contributed by atoms with E-state index in [0.717, 1.165) is 5.75 Å². The van der Waals surface area contributed by atoms with Crippen molar-refractivity contribution >= 4 is 0 Å². The molecule has 96 valence electrons. The van der Waals surface area contributed by atoms with E-state index in [4.69, 9.17) is 14.9 Å². The summed E-state index contributed by atoms with van der Waals surface area (Å²) in [5.41, 5.74) is -0.466. The van der Waals surface area contributed by atoms with Gasteiger partial charge in [0, 0.05) is 18.5 Å². The summed E-state index contributed by atoms with van der Waals surface area (Å²) < 4.78 is 5.50. The maximum atomic E-state index is 9.09. The highest BCUT2D eigenvalue weighted by Crippen LogP contribution is 2.12. The molecular formula is C13H21NO3.